The summed E-state index contributed by atoms with van der Waals surface area (Å²) >= 11 is 0. The van der Waals surface area contributed by atoms with Crippen LogP contribution in [0.2, 0.25) is 0 Å². The zero-order chi connectivity index (χ0) is 11.1. The second kappa shape index (κ2) is 3.56. The van der Waals surface area contributed by atoms with Gasteiger partial charge in [-0.15, -0.1) is 0 Å². The Hall–Kier alpha value is -0.960. The highest BCUT2D eigenvalue weighted by Crippen LogP contribution is 2.42. The van der Waals surface area contributed by atoms with Gasteiger partial charge in [-0.1, -0.05) is 6.92 Å². The van der Waals surface area contributed by atoms with Gasteiger partial charge in [0, 0.05) is 6.07 Å². The molecule has 1 aromatic carbocycles. The van der Waals surface area contributed by atoms with Crippen molar-refractivity contribution in [3.63, 3.8) is 0 Å². The predicted octanol–water partition coefficient (Wildman–Crippen LogP) is 2.97. The van der Waals surface area contributed by atoms with Gasteiger partial charge in [0.2, 0.25) is 0 Å². The fraction of sp³-hybridized carbons (Fsp3) is 0.500. The minimum absolute atomic E-state index is 0.365. The first-order valence-corrected chi connectivity index (χ1v) is 5.18. The maximum atomic E-state index is 13.0. The van der Waals surface area contributed by atoms with E-state index in [0.717, 1.165) is 12.5 Å². The summed E-state index contributed by atoms with van der Waals surface area (Å²) in [5.74, 6) is -0.850. The fourth-order valence-corrected chi connectivity index (χ4v) is 2.35. The quantitative estimate of drug-likeness (QED) is 0.758. The molecule has 2 atom stereocenters. The highest BCUT2D eigenvalue weighted by Gasteiger charge is 2.37. The first-order chi connectivity index (χ1) is 6.99. The van der Waals surface area contributed by atoms with Crippen LogP contribution in [-0.2, 0) is 5.60 Å². The maximum absolute atomic E-state index is 13.0. The van der Waals surface area contributed by atoms with Crippen molar-refractivity contribution in [2.45, 2.75) is 31.8 Å². The van der Waals surface area contributed by atoms with Crippen molar-refractivity contribution in [2.24, 2.45) is 5.92 Å². The van der Waals surface area contributed by atoms with Crippen LogP contribution in [0.1, 0.15) is 31.7 Å². The van der Waals surface area contributed by atoms with E-state index < -0.39 is 17.2 Å². The monoisotopic (exact) mass is 212 g/mol. The Balaban J connectivity index is 2.36. The summed E-state index contributed by atoms with van der Waals surface area (Å²) in [6.45, 7) is 2.04. The highest BCUT2D eigenvalue weighted by molar-refractivity contribution is 5.25. The van der Waals surface area contributed by atoms with E-state index in [1.807, 2.05) is 6.92 Å². The molecule has 1 N–H and O–H groups in total. The molecule has 0 aliphatic heterocycles. The predicted molar refractivity (Wildman–Crippen MR) is 53.3 cm³/mol. The Morgan fingerprint density at radius 3 is 2.33 bits per heavy atom. The molecule has 0 bridgehead atoms. The summed E-state index contributed by atoms with van der Waals surface area (Å²) in [6.07, 6.45) is 2.06. The van der Waals surface area contributed by atoms with Gasteiger partial charge in [0.15, 0.2) is 0 Å². The van der Waals surface area contributed by atoms with Gasteiger partial charge in [-0.05, 0) is 42.9 Å². The van der Waals surface area contributed by atoms with Gasteiger partial charge in [-0.3, -0.25) is 0 Å². The van der Waals surface area contributed by atoms with Crippen LogP contribution in [0.15, 0.2) is 18.2 Å². The lowest BCUT2D eigenvalue weighted by atomic mass is 9.91. The van der Waals surface area contributed by atoms with Gasteiger partial charge in [0.1, 0.15) is 11.6 Å². The molecule has 82 valence electrons. The van der Waals surface area contributed by atoms with Gasteiger partial charge in [-0.2, -0.15) is 0 Å². The van der Waals surface area contributed by atoms with Crippen molar-refractivity contribution in [2.75, 3.05) is 0 Å². The van der Waals surface area contributed by atoms with Crippen LogP contribution in [0.4, 0.5) is 8.78 Å². The lowest BCUT2D eigenvalue weighted by molar-refractivity contribution is 0.0401. The Kier molecular flexibility index (Phi) is 2.51. The molecular weight excluding hydrogens is 198 g/mol. The van der Waals surface area contributed by atoms with Crippen molar-refractivity contribution in [1.82, 2.24) is 0 Å². The van der Waals surface area contributed by atoms with E-state index in [-0.39, 0.29) is 0 Å². The van der Waals surface area contributed by atoms with Gasteiger partial charge < -0.3 is 5.11 Å². The summed E-state index contributed by atoms with van der Waals surface area (Å²) in [5.41, 5.74) is -0.674. The second-order valence-electron chi connectivity index (χ2n) is 4.54. The van der Waals surface area contributed by atoms with Crippen molar-refractivity contribution in [3.8, 4) is 0 Å². The van der Waals surface area contributed by atoms with E-state index in [2.05, 4.69) is 0 Å². The van der Waals surface area contributed by atoms with E-state index in [4.69, 9.17) is 0 Å². The number of benzene rings is 1. The normalized spacial score (nSPS) is 30.8. The average Bonchev–Trinajstić information content (AvgIpc) is 2.46. The smallest absolute Gasteiger partial charge is 0.126 e. The molecule has 0 radical (unpaired) electrons. The number of hydrogen-bond donors (Lipinski definition) is 1. The van der Waals surface area contributed by atoms with Crippen LogP contribution >= 0.6 is 0 Å². The van der Waals surface area contributed by atoms with Gasteiger partial charge in [-0.25, -0.2) is 8.78 Å². The van der Waals surface area contributed by atoms with Gasteiger partial charge in [0.05, 0.1) is 5.60 Å². The van der Waals surface area contributed by atoms with Gasteiger partial charge >= 0.3 is 0 Å². The maximum Gasteiger partial charge on any atom is 0.126 e. The molecule has 1 fully saturated rings. The molecule has 0 aromatic heterocycles. The largest absolute Gasteiger partial charge is 0.385 e. The van der Waals surface area contributed by atoms with Crippen molar-refractivity contribution in [3.05, 3.63) is 35.4 Å². The topological polar surface area (TPSA) is 20.2 Å². The van der Waals surface area contributed by atoms with Crippen LogP contribution in [0, 0.1) is 17.6 Å². The first kappa shape index (κ1) is 10.6. The summed E-state index contributed by atoms with van der Waals surface area (Å²) in [5, 5.41) is 10.2. The average molecular weight is 212 g/mol. The molecule has 1 aliphatic rings. The Bertz CT molecular complexity index is 358. The zero-order valence-electron chi connectivity index (χ0n) is 8.63. The summed E-state index contributed by atoms with van der Waals surface area (Å²) in [6, 6.07) is 3.27. The Morgan fingerprint density at radius 1 is 1.27 bits per heavy atom. The molecule has 2 rings (SSSR count). The minimum atomic E-state index is -1.04. The van der Waals surface area contributed by atoms with Crippen LogP contribution in [0.5, 0.6) is 0 Å². The van der Waals surface area contributed by atoms with Crippen molar-refractivity contribution >= 4 is 0 Å². The molecule has 15 heavy (non-hydrogen) atoms. The third-order valence-corrected chi connectivity index (χ3v) is 3.14. The molecule has 0 amide bonds. The number of aliphatic hydroxyl groups is 1. The molecule has 0 saturated heterocycles. The second-order valence-corrected chi connectivity index (χ2v) is 4.54. The van der Waals surface area contributed by atoms with Crippen molar-refractivity contribution < 1.29 is 13.9 Å². The molecule has 0 heterocycles. The lowest BCUT2D eigenvalue weighted by Gasteiger charge is -2.23. The molecule has 1 aromatic rings. The number of rotatable bonds is 1. The number of hydrogen-bond acceptors (Lipinski definition) is 1. The SMILES string of the molecule is CC1CCC(O)(c2cc(F)cc(F)c2)C1. The van der Waals surface area contributed by atoms with E-state index in [9.17, 15) is 13.9 Å². The summed E-state index contributed by atoms with van der Waals surface area (Å²) in [4.78, 5) is 0. The molecular formula is C12H14F2O. The van der Waals surface area contributed by atoms with Crippen molar-refractivity contribution in [1.29, 1.82) is 0 Å². The fourth-order valence-electron chi connectivity index (χ4n) is 2.35. The van der Waals surface area contributed by atoms with Crippen LogP contribution in [0.3, 0.4) is 0 Å². The van der Waals surface area contributed by atoms with E-state index in [1.54, 1.807) is 0 Å². The van der Waals surface area contributed by atoms with E-state index in [0.29, 0.717) is 24.3 Å². The minimum Gasteiger partial charge on any atom is -0.385 e. The summed E-state index contributed by atoms with van der Waals surface area (Å²) < 4.78 is 26.0. The van der Waals surface area contributed by atoms with Crippen LogP contribution < -0.4 is 0 Å². The molecule has 2 unspecified atom stereocenters. The van der Waals surface area contributed by atoms with E-state index >= 15 is 0 Å². The third kappa shape index (κ3) is 2.02. The Labute approximate surface area is 87.7 Å². The van der Waals surface area contributed by atoms with Crippen LogP contribution in [-0.4, -0.2) is 5.11 Å². The van der Waals surface area contributed by atoms with Crippen LogP contribution in [0.25, 0.3) is 0 Å². The van der Waals surface area contributed by atoms with Gasteiger partial charge in [0.25, 0.3) is 0 Å². The molecule has 0 spiro atoms. The first-order valence-electron chi connectivity index (χ1n) is 5.18. The third-order valence-electron chi connectivity index (χ3n) is 3.14. The van der Waals surface area contributed by atoms with E-state index in [1.165, 1.54) is 12.1 Å². The number of halogens is 2. The summed E-state index contributed by atoms with van der Waals surface area (Å²) in [7, 11) is 0. The Morgan fingerprint density at radius 2 is 1.87 bits per heavy atom. The molecule has 1 saturated carbocycles. The standard InChI is InChI=1S/C12H14F2O/c1-8-2-3-12(15,7-8)9-4-10(13)6-11(14)5-9/h4-6,8,15H,2-3,7H2,1H3. The lowest BCUT2D eigenvalue weighted by Crippen LogP contribution is -2.22. The molecule has 3 heteroatoms. The zero-order valence-corrected chi connectivity index (χ0v) is 8.63. The highest BCUT2D eigenvalue weighted by atomic mass is 19.1. The molecule has 1 nitrogen and oxygen atoms in total. The molecule has 1 aliphatic carbocycles.